The average molecular weight is 514 g/mol. The van der Waals surface area contributed by atoms with Gasteiger partial charge in [0.05, 0.1) is 31.6 Å². The number of fused-ring (bicyclic) bond motifs is 2. The monoisotopic (exact) mass is 513 g/mol. The number of para-hydroxylation sites is 1. The zero-order valence-corrected chi connectivity index (χ0v) is 19.8. The second kappa shape index (κ2) is 10.5. The van der Waals surface area contributed by atoms with Crippen LogP contribution in [0.2, 0.25) is 0 Å². The number of aliphatic hydroxyl groups is 4. The molecule has 12 nitrogen and oxygen atoms in total. The second-order valence-corrected chi connectivity index (χ2v) is 8.58. The van der Waals surface area contributed by atoms with Crippen LogP contribution >= 0.6 is 0 Å². The van der Waals surface area contributed by atoms with E-state index in [1.54, 1.807) is 25.3 Å². The van der Waals surface area contributed by atoms with Gasteiger partial charge >= 0.3 is 0 Å². The minimum Gasteiger partial charge on any atom is -0.497 e. The number of ether oxygens (including phenoxy) is 3. The van der Waals surface area contributed by atoms with Crippen LogP contribution in [-0.4, -0.2) is 99.6 Å². The first-order valence-corrected chi connectivity index (χ1v) is 11.6. The first kappa shape index (κ1) is 25.1. The van der Waals surface area contributed by atoms with Crippen molar-refractivity contribution in [3.63, 3.8) is 0 Å². The lowest BCUT2D eigenvalue weighted by Gasteiger charge is -2.39. The summed E-state index contributed by atoms with van der Waals surface area (Å²) in [5.41, 5.74) is 3.27. The number of nitrogens with zero attached hydrogens (tertiary/aromatic N) is 2. The molecule has 1 fully saturated rings. The molecule has 3 aromatic rings. The largest absolute Gasteiger partial charge is 0.497 e. The van der Waals surface area contributed by atoms with Gasteiger partial charge in [-0.3, -0.25) is 0 Å². The number of benzene rings is 2. The smallest absolute Gasteiger partial charge is 0.199 e. The average Bonchev–Trinajstić information content (AvgIpc) is 3.43. The van der Waals surface area contributed by atoms with Crippen LogP contribution in [0.5, 0.6) is 11.6 Å². The number of aromatic hydroxyl groups is 1. The quantitative estimate of drug-likeness (QED) is 0.185. The Morgan fingerprint density at radius 1 is 1.05 bits per heavy atom. The molecule has 0 radical (unpaired) electrons. The van der Waals surface area contributed by atoms with Crippen LogP contribution in [0.4, 0.5) is 5.69 Å². The number of methoxy groups -OCH3 is 1. The van der Waals surface area contributed by atoms with Crippen molar-refractivity contribution in [1.29, 1.82) is 0 Å². The maximum absolute atomic E-state index is 10.7. The lowest BCUT2D eigenvalue weighted by molar-refractivity contribution is -0.302. The highest BCUT2D eigenvalue weighted by molar-refractivity contribution is 6.58. The number of H-pyrrole nitrogens is 1. The molecule has 0 saturated carbocycles. The van der Waals surface area contributed by atoms with Crippen molar-refractivity contribution >= 4 is 28.0 Å². The van der Waals surface area contributed by atoms with E-state index in [0.717, 1.165) is 10.9 Å². The fourth-order valence-corrected chi connectivity index (χ4v) is 4.38. The molecule has 0 aliphatic carbocycles. The predicted octanol–water partition coefficient (Wildman–Crippen LogP) is 0.554. The van der Waals surface area contributed by atoms with Crippen molar-refractivity contribution in [3.05, 3.63) is 53.6 Å². The standard InChI is InChI=1S/C25H27N3O9/c1-34-12-6-7-16-14(10-12)19(20(26-16)18-13-4-2-3-5-15(13)27-24(18)33)28-36-9-8-35-25-23(32)22(31)21(30)17(11-29)37-25/h2-7,10,17,21-23,25,27,29-33H,8-9,11H2,1H3/b28-19+/t17-,21+,22-,23-,25-/m1/s1. The summed E-state index contributed by atoms with van der Waals surface area (Å²) >= 11 is 0. The van der Waals surface area contributed by atoms with Crippen LogP contribution in [0, 0.1) is 0 Å². The third-order valence-electron chi connectivity index (χ3n) is 6.30. The van der Waals surface area contributed by atoms with E-state index in [1.165, 1.54) is 0 Å². The summed E-state index contributed by atoms with van der Waals surface area (Å²) in [5.74, 6) is 0.537. The molecule has 2 aliphatic rings. The van der Waals surface area contributed by atoms with Gasteiger partial charge in [-0.15, -0.1) is 0 Å². The molecule has 5 rings (SSSR count). The van der Waals surface area contributed by atoms with Crippen LogP contribution in [0.25, 0.3) is 10.9 Å². The van der Waals surface area contributed by atoms with Gasteiger partial charge in [0.15, 0.2) is 12.2 Å². The van der Waals surface area contributed by atoms with Crippen LogP contribution in [0.1, 0.15) is 11.1 Å². The summed E-state index contributed by atoms with van der Waals surface area (Å²) in [6.07, 6.45) is -6.87. The van der Waals surface area contributed by atoms with Crippen molar-refractivity contribution < 1.29 is 44.6 Å². The second-order valence-electron chi connectivity index (χ2n) is 8.58. The highest BCUT2D eigenvalue weighted by Crippen LogP contribution is 2.37. The molecule has 2 aromatic carbocycles. The van der Waals surface area contributed by atoms with Crippen LogP contribution in [-0.2, 0) is 14.3 Å². The number of aliphatic imine (C=N–C) groups is 1. The van der Waals surface area contributed by atoms with Crippen molar-refractivity contribution in [1.82, 2.24) is 4.98 Å². The van der Waals surface area contributed by atoms with Crippen molar-refractivity contribution in [2.75, 3.05) is 26.9 Å². The number of aliphatic hydroxyl groups excluding tert-OH is 4. The zero-order valence-electron chi connectivity index (χ0n) is 19.8. The summed E-state index contributed by atoms with van der Waals surface area (Å²) in [6, 6.07) is 12.7. The third-order valence-corrected chi connectivity index (χ3v) is 6.30. The van der Waals surface area contributed by atoms with Crippen LogP contribution in [0.3, 0.4) is 0 Å². The normalized spacial score (nSPS) is 26.4. The molecule has 6 N–H and O–H groups in total. The summed E-state index contributed by atoms with van der Waals surface area (Å²) in [6.45, 7) is -0.707. The summed E-state index contributed by atoms with van der Waals surface area (Å²) in [7, 11) is 1.55. The molecule has 37 heavy (non-hydrogen) atoms. The van der Waals surface area contributed by atoms with Crippen molar-refractivity contribution in [2.45, 2.75) is 30.7 Å². The number of hydrogen-bond donors (Lipinski definition) is 6. The maximum Gasteiger partial charge on any atom is 0.199 e. The van der Waals surface area contributed by atoms with Gasteiger partial charge in [0, 0.05) is 16.5 Å². The molecule has 0 spiro atoms. The number of rotatable bonds is 8. The summed E-state index contributed by atoms with van der Waals surface area (Å²) < 4.78 is 16.1. The van der Waals surface area contributed by atoms with Crippen LogP contribution in [0.15, 0.2) is 52.6 Å². The van der Waals surface area contributed by atoms with E-state index in [-0.39, 0.29) is 19.1 Å². The SMILES string of the molecule is COc1ccc2c(c1)/C(=N\OCCO[C@@H]1O[C@H](CO)[C@H](O)[C@@H](O)[C@H]1O)C(c1c(O)[nH]c3ccccc13)=N2. The number of hydrogen-bond acceptors (Lipinski definition) is 11. The van der Waals surface area contributed by atoms with Gasteiger partial charge in [0.25, 0.3) is 0 Å². The van der Waals surface area contributed by atoms with Gasteiger partial charge in [0.1, 0.15) is 48.2 Å². The maximum atomic E-state index is 10.7. The minimum absolute atomic E-state index is 0.0571. The topological polar surface area (TPSA) is 179 Å². The Bertz CT molecular complexity index is 1340. The molecule has 12 heteroatoms. The lowest BCUT2D eigenvalue weighted by Crippen LogP contribution is -2.59. The minimum atomic E-state index is -1.54. The first-order valence-electron chi connectivity index (χ1n) is 11.6. The Hall–Kier alpha value is -3.52. The fraction of sp³-hybridized carbons (Fsp3) is 0.360. The highest BCUT2D eigenvalue weighted by Gasteiger charge is 2.44. The van der Waals surface area contributed by atoms with Crippen LogP contribution < -0.4 is 4.74 Å². The highest BCUT2D eigenvalue weighted by atomic mass is 16.7. The summed E-state index contributed by atoms with van der Waals surface area (Å²) in [4.78, 5) is 13.1. The molecule has 196 valence electrons. The van der Waals surface area contributed by atoms with Crippen molar-refractivity contribution in [2.24, 2.45) is 10.1 Å². The number of nitrogens with one attached hydrogen (secondary N) is 1. The number of oxime groups is 1. The zero-order chi connectivity index (χ0) is 26.1. The number of aromatic nitrogens is 1. The van der Waals surface area contributed by atoms with E-state index in [9.17, 15) is 25.5 Å². The Balaban J connectivity index is 1.35. The van der Waals surface area contributed by atoms with Gasteiger partial charge in [-0.2, -0.15) is 0 Å². The van der Waals surface area contributed by atoms with Gasteiger partial charge in [-0.05, 0) is 24.3 Å². The fourth-order valence-electron chi connectivity index (χ4n) is 4.38. The molecular formula is C25H27N3O9. The van der Waals surface area contributed by atoms with E-state index in [1.807, 2.05) is 24.3 Å². The molecule has 3 heterocycles. The van der Waals surface area contributed by atoms with Crippen molar-refractivity contribution in [3.8, 4) is 11.6 Å². The molecule has 2 aliphatic heterocycles. The molecule has 1 saturated heterocycles. The molecule has 0 amide bonds. The first-order chi connectivity index (χ1) is 17.9. The summed E-state index contributed by atoms with van der Waals surface area (Å²) in [5, 5.41) is 54.9. The van der Waals surface area contributed by atoms with E-state index in [4.69, 9.17) is 19.0 Å². The molecule has 0 bridgehead atoms. The predicted molar refractivity (Wildman–Crippen MR) is 131 cm³/mol. The molecular weight excluding hydrogens is 486 g/mol. The molecule has 0 unspecified atom stereocenters. The van der Waals surface area contributed by atoms with Gasteiger partial charge in [-0.1, -0.05) is 23.4 Å². The third kappa shape index (κ3) is 4.66. The van der Waals surface area contributed by atoms with Gasteiger partial charge in [0.2, 0.25) is 0 Å². The van der Waals surface area contributed by atoms with E-state index >= 15 is 0 Å². The van der Waals surface area contributed by atoms with E-state index < -0.39 is 37.3 Å². The molecule has 1 aromatic heterocycles. The Morgan fingerprint density at radius 3 is 2.65 bits per heavy atom. The van der Waals surface area contributed by atoms with E-state index in [0.29, 0.717) is 34.0 Å². The van der Waals surface area contributed by atoms with Gasteiger partial charge in [-0.25, -0.2) is 4.99 Å². The number of aromatic amines is 1. The Labute approximate surface area is 211 Å². The van der Waals surface area contributed by atoms with E-state index in [2.05, 4.69) is 15.1 Å². The van der Waals surface area contributed by atoms with Gasteiger partial charge < -0.3 is 49.6 Å². The Kier molecular flexibility index (Phi) is 7.11. The molecule has 5 atom stereocenters. The lowest BCUT2D eigenvalue weighted by atomic mass is 9.99. The Morgan fingerprint density at radius 2 is 1.86 bits per heavy atom.